The van der Waals surface area contributed by atoms with Gasteiger partial charge in [0.05, 0.1) is 0 Å². The molecule has 0 spiro atoms. The number of hydrogen-bond donors (Lipinski definition) is 1. The molecule has 1 heterocycles. The lowest BCUT2D eigenvalue weighted by Gasteiger charge is -2.49. The number of nitrogens with zero attached hydrogens (tertiary/aromatic N) is 3. The molecule has 0 saturated heterocycles. The maximum atomic E-state index is 12.2. The van der Waals surface area contributed by atoms with Crippen molar-refractivity contribution in [1.82, 2.24) is 14.8 Å². The van der Waals surface area contributed by atoms with Crippen LogP contribution in [-0.2, 0) is 0 Å². The van der Waals surface area contributed by atoms with Crippen molar-refractivity contribution in [2.75, 3.05) is 33.4 Å². The van der Waals surface area contributed by atoms with Crippen LogP contribution in [0.4, 0.5) is 5.13 Å². The number of likely N-dealkylation sites (N-methyl/N-ethyl adjacent to an activating group) is 2. The fourth-order valence-electron chi connectivity index (χ4n) is 2.43. The number of hydrogen-bond acceptors (Lipinski definition) is 5. The molecule has 100 valence electrons. The van der Waals surface area contributed by atoms with Crippen molar-refractivity contribution in [1.29, 1.82) is 0 Å². The third-order valence-electron chi connectivity index (χ3n) is 3.85. The Morgan fingerprint density at radius 3 is 2.56 bits per heavy atom. The quantitative estimate of drug-likeness (QED) is 0.893. The molecule has 0 unspecified atom stereocenters. The molecule has 1 saturated carbocycles. The Morgan fingerprint density at radius 1 is 1.50 bits per heavy atom. The van der Waals surface area contributed by atoms with Crippen LogP contribution < -0.4 is 5.73 Å². The summed E-state index contributed by atoms with van der Waals surface area (Å²) in [6.45, 7) is 0.746. The van der Waals surface area contributed by atoms with Gasteiger partial charge in [-0.2, -0.15) is 0 Å². The van der Waals surface area contributed by atoms with E-state index in [1.165, 1.54) is 17.8 Å². The summed E-state index contributed by atoms with van der Waals surface area (Å²) >= 11 is 1.30. The van der Waals surface area contributed by atoms with Gasteiger partial charge in [0.15, 0.2) is 5.13 Å². The van der Waals surface area contributed by atoms with Crippen molar-refractivity contribution in [3.05, 3.63) is 11.1 Å². The van der Waals surface area contributed by atoms with Gasteiger partial charge in [-0.15, -0.1) is 11.3 Å². The van der Waals surface area contributed by atoms with Gasteiger partial charge in [0.2, 0.25) is 0 Å². The Bertz CT molecular complexity index is 439. The van der Waals surface area contributed by atoms with E-state index in [0.29, 0.717) is 10.8 Å². The zero-order valence-corrected chi connectivity index (χ0v) is 12.0. The average molecular weight is 268 g/mol. The summed E-state index contributed by atoms with van der Waals surface area (Å²) in [6.07, 6.45) is 3.54. The largest absolute Gasteiger partial charge is 0.375 e. The van der Waals surface area contributed by atoms with Gasteiger partial charge in [-0.3, -0.25) is 4.79 Å². The van der Waals surface area contributed by atoms with E-state index in [4.69, 9.17) is 5.73 Å². The molecule has 0 bridgehead atoms. The Balaban J connectivity index is 2.03. The van der Waals surface area contributed by atoms with Crippen LogP contribution in [-0.4, -0.2) is 53.9 Å². The lowest BCUT2D eigenvalue weighted by atomic mass is 9.75. The maximum absolute atomic E-state index is 12.2. The molecule has 1 aromatic heterocycles. The van der Waals surface area contributed by atoms with Gasteiger partial charge in [-0.05, 0) is 33.4 Å². The second-order valence-corrected chi connectivity index (χ2v) is 6.09. The van der Waals surface area contributed by atoms with Crippen LogP contribution in [0.3, 0.4) is 0 Å². The Labute approximate surface area is 112 Å². The fourth-order valence-corrected chi connectivity index (χ4v) is 2.96. The van der Waals surface area contributed by atoms with Crippen molar-refractivity contribution in [2.45, 2.75) is 24.8 Å². The average Bonchev–Trinajstić information content (AvgIpc) is 2.68. The van der Waals surface area contributed by atoms with Gasteiger partial charge in [0.1, 0.15) is 5.69 Å². The van der Waals surface area contributed by atoms with Crippen molar-refractivity contribution in [3.8, 4) is 0 Å². The Kier molecular flexibility index (Phi) is 3.59. The molecule has 1 amide bonds. The number of anilines is 1. The van der Waals surface area contributed by atoms with E-state index < -0.39 is 0 Å². The third-order valence-corrected chi connectivity index (χ3v) is 4.53. The SMILES string of the molecule is CN(CC1(N(C)C)CCC1)C(=O)c1csc(N)n1. The van der Waals surface area contributed by atoms with Crippen molar-refractivity contribution >= 4 is 22.4 Å². The highest BCUT2D eigenvalue weighted by atomic mass is 32.1. The van der Waals surface area contributed by atoms with Crippen LogP contribution in [0.25, 0.3) is 0 Å². The monoisotopic (exact) mass is 268 g/mol. The van der Waals surface area contributed by atoms with E-state index in [1.807, 2.05) is 7.05 Å². The summed E-state index contributed by atoms with van der Waals surface area (Å²) in [5.74, 6) is -0.0453. The van der Waals surface area contributed by atoms with Crippen LogP contribution >= 0.6 is 11.3 Å². The van der Waals surface area contributed by atoms with Crippen LogP contribution in [0.2, 0.25) is 0 Å². The molecule has 1 aromatic rings. The highest BCUT2D eigenvalue weighted by Gasteiger charge is 2.40. The Morgan fingerprint density at radius 2 is 2.17 bits per heavy atom. The molecule has 0 radical (unpaired) electrons. The molecule has 18 heavy (non-hydrogen) atoms. The van der Waals surface area contributed by atoms with Crippen molar-refractivity contribution < 1.29 is 4.79 Å². The van der Waals surface area contributed by atoms with E-state index in [0.717, 1.165) is 19.4 Å². The van der Waals surface area contributed by atoms with Gasteiger partial charge < -0.3 is 15.5 Å². The standard InChI is InChI=1S/C12H20N4OS/c1-15(2)12(5-4-6-12)8-16(3)10(17)9-7-18-11(13)14-9/h7H,4-6,8H2,1-3H3,(H2,13,14). The van der Waals surface area contributed by atoms with Gasteiger partial charge >= 0.3 is 0 Å². The molecule has 0 atom stereocenters. The first-order valence-electron chi connectivity index (χ1n) is 6.08. The predicted molar refractivity (Wildman–Crippen MR) is 73.8 cm³/mol. The summed E-state index contributed by atoms with van der Waals surface area (Å²) < 4.78 is 0. The second-order valence-electron chi connectivity index (χ2n) is 5.20. The number of carbonyl (C=O) groups is 1. The summed E-state index contributed by atoms with van der Waals surface area (Å²) in [5.41, 5.74) is 6.15. The first-order chi connectivity index (χ1) is 8.44. The molecule has 1 aliphatic rings. The third kappa shape index (κ3) is 2.35. The normalized spacial score (nSPS) is 17.6. The van der Waals surface area contributed by atoms with Crippen molar-refractivity contribution in [3.63, 3.8) is 0 Å². The summed E-state index contributed by atoms with van der Waals surface area (Å²) in [6, 6.07) is 0. The second kappa shape index (κ2) is 4.85. The van der Waals surface area contributed by atoms with Crippen molar-refractivity contribution in [2.24, 2.45) is 0 Å². The lowest BCUT2D eigenvalue weighted by molar-refractivity contribution is 0.0250. The Hall–Kier alpha value is -1.14. The first-order valence-corrected chi connectivity index (χ1v) is 6.96. The van der Waals surface area contributed by atoms with Crippen LogP contribution in [0.5, 0.6) is 0 Å². The number of nitrogen functional groups attached to an aromatic ring is 1. The highest BCUT2D eigenvalue weighted by Crippen LogP contribution is 2.36. The molecule has 1 aliphatic carbocycles. The molecule has 6 heteroatoms. The fraction of sp³-hybridized carbons (Fsp3) is 0.667. The van der Waals surface area contributed by atoms with E-state index in [-0.39, 0.29) is 11.4 Å². The van der Waals surface area contributed by atoms with E-state index >= 15 is 0 Å². The van der Waals surface area contributed by atoms with E-state index in [2.05, 4.69) is 24.0 Å². The lowest BCUT2D eigenvalue weighted by Crippen LogP contribution is -2.57. The van der Waals surface area contributed by atoms with E-state index in [9.17, 15) is 4.79 Å². The number of amides is 1. The summed E-state index contributed by atoms with van der Waals surface area (Å²) in [5, 5.41) is 2.16. The first kappa shape index (κ1) is 13.3. The zero-order valence-electron chi connectivity index (χ0n) is 11.1. The predicted octanol–water partition coefficient (Wildman–Crippen LogP) is 1.28. The highest BCUT2D eigenvalue weighted by molar-refractivity contribution is 7.13. The smallest absolute Gasteiger partial charge is 0.273 e. The molecule has 0 aromatic carbocycles. The summed E-state index contributed by atoms with van der Waals surface area (Å²) in [4.78, 5) is 20.2. The van der Waals surface area contributed by atoms with E-state index in [1.54, 1.807) is 10.3 Å². The van der Waals surface area contributed by atoms with Gasteiger partial charge in [-0.25, -0.2) is 4.98 Å². The molecule has 2 rings (SSSR count). The minimum atomic E-state index is -0.0453. The molecule has 1 fully saturated rings. The molecular formula is C12H20N4OS. The molecular weight excluding hydrogens is 248 g/mol. The summed E-state index contributed by atoms with van der Waals surface area (Å²) in [7, 11) is 6.00. The number of thiazole rings is 1. The van der Waals surface area contributed by atoms with Crippen LogP contribution in [0.15, 0.2) is 5.38 Å². The van der Waals surface area contributed by atoms with Gasteiger partial charge in [0, 0.05) is 24.5 Å². The van der Waals surface area contributed by atoms with Crippen LogP contribution in [0.1, 0.15) is 29.8 Å². The maximum Gasteiger partial charge on any atom is 0.273 e. The number of rotatable bonds is 4. The molecule has 5 nitrogen and oxygen atoms in total. The molecule has 0 aliphatic heterocycles. The van der Waals surface area contributed by atoms with Gasteiger partial charge in [-0.1, -0.05) is 0 Å². The van der Waals surface area contributed by atoms with Crippen LogP contribution in [0, 0.1) is 0 Å². The number of aromatic nitrogens is 1. The molecule has 2 N–H and O–H groups in total. The zero-order chi connectivity index (χ0) is 13.3. The topological polar surface area (TPSA) is 62.5 Å². The minimum Gasteiger partial charge on any atom is -0.375 e. The van der Waals surface area contributed by atoms with Gasteiger partial charge in [0.25, 0.3) is 5.91 Å². The minimum absolute atomic E-state index is 0.0453. The number of carbonyl (C=O) groups excluding carboxylic acids is 1. The number of nitrogens with two attached hydrogens (primary N) is 1.